The van der Waals surface area contributed by atoms with Crippen LogP contribution in [0.15, 0.2) is 5.16 Å². The molecule has 2 saturated carbocycles. The summed E-state index contributed by atoms with van der Waals surface area (Å²) in [4.78, 5) is 14.8. The van der Waals surface area contributed by atoms with Crippen molar-refractivity contribution in [2.45, 2.75) is 81.2 Å². The lowest BCUT2D eigenvalue weighted by Crippen LogP contribution is -2.34. The first kappa shape index (κ1) is 16.4. The third-order valence-electron chi connectivity index (χ3n) is 5.62. The SMILES string of the molecule is CC1CCN(c2nnc(S[C@H]3CCCCCC3=O)n2C2CC2)CC1. The molecule has 0 N–H and O–H groups in total. The van der Waals surface area contributed by atoms with Crippen LogP contribution in [-0.2, 0) is 4.79 Å². The van der Waals surface area contributed by atoms with Gasteiger partial charge in [0.15, 0.2) is 5.16 Å². The summed E-state index contributed by atoms with van der Waals surface area (Å²) < 4.78 is 2.35. The van der Waals surface area contributed by atoms with Gasteiger partial charge >= 0.3 is 0 Å². The molecule has 0 spiro atoms. The van der Waals surface area contributed by atoms with E-state index >= 15 is 0 Å². The maximum Gasteiger partial charge on any atom is 0.228 e. The Bertz CT molecular complexity index is 590. The zero-order valence-electron chi connectivity index (χ0n) is 14.6. The predicted octanol–water partition coefficient (Wildman–Crippen LogP) is 3.84. The van der Waals surface area contributed by atoms with E-state index in [9.17, 15) is 4.79 Å². The number of Topliss-reactive ketones (excluding diaryl/α,β-unsaturated/α-hetero) is 1. The molecule has 1 aromatic rings. The summed E-state index contributed by atoms with van der Waals surface area (Å²) in [5.74, 6) is 2.28. The van der Waals surface area contributed by atoms with Crippen LogP contribution in [0.3, 0.4) is 0 Å². The molecule has 2 heterocycles. The smallest absolute Gasteiger partial charge is 0.228 e. The zero-order valence-corrected chi connectivity index (χ0v) is 15.4. The van der Waals surface area contributed by atoms with Gasteiger partial charge in [-0.2, -0.15) is 0 Å². The van der Waals surface area contributed by atoms with Gasteiger partial charge in [0, 0.05) is 25.6 Å². The highest BCUT2D eigenvalue weighted by atomic mass is 32.2. The van der Waals surface area contributed by atoms with Crippen LogP contribution >= 0.6 is 11.8 Å². The maximum atomic E-state index is 12.4. The van der Waals surface area contributed by atoms with E-state index in [4.69, 9.17) is 0 Å². The number of nitrogens with zero attached hydrogens (tertiary/aromatic N) is 4. The van der Waals surface area contributed by atoms with Crippen molar-refractivity contribution < 1.29 is 4.79 Å². The molecule has 0 aromatic carbocycles. The van der Waals surface area contributed by atoms with Gasteiger partial charge in [0.25, 0.3) is 0 Å². The van der Waals surface area contributed by atoms with Gasteiger partial charge in [-0.15, -0.1) is 10.2 Å². The fraction of sp³-hybridized carbons (Fsp3) is 0.833. The van der Waals surface area contributed by atoms with Crippen molar-refractivity contribution in [3.8, 4) is 0 Å². The Morgan fingerprint density at radius 2 is 1.79 bits per heavy atom. The zero-order chi connectivity index (χ0) is 16.5. The van der Waals surface area contributed by atoms with Crippen LogP contribution in [0.1, 0.15) is 70.8 Å². The van der Waals surface area contributed by atoms with Crippen molar-refractivity contribution >= 4 is 23.5 Å². The van der Waals surface area contributed by atoms with Crippen molar-refractivity contribution in [1.82, 2.24) is 14.8 Å². The van der Waals surface area contributed by atoms with E-state index < -0.39 is 0 Å². The second kappa shape index (κ2) is 7.06. The Morgan fingerprint density at radius 3 is 2.54 bits per heavy atom. The lowest BCUT2D eigenvalue weighted by molar-refractivity contribution is -0.118. The normalized spacial score (nSPS) is 26.6. The van der Waals surface area contributed by atoms with Crippen LogP contribution in [0.4, 0.5) is 5.95 Å². The molecule has 1 aromatic heterocycles. The largest absolute Gasteiger partial charge is 0.341 e. The molecule has 6 heteroatoms. The second-order valence-electron chi connectivity index (χ2n) is 7.73. The van der Waals surface area contributed by atoms with Gasteiger partial charge in [0.2, 0.25) is 5.95 Å². The third kappa shape index (κ3) is 3.48. The van der Waals surface area contributed by atoms with Gasteiger partial charge in [0.1, 0.15) is 5.78 Å². The Kier molecular flexibility index (Phi) is 4.83. The molecule has 0 radical (unpaired) electrons. The highest BCUT2D eigenvalue weighted by molar-refractivity contribution is 8.00. The molecule has 1 aliphatic heterocycles. The topological polar surface area (TPSA) is 51.0 Å². The average Bonchev–Trinajstić information content (AvgIpc) is 3.36. The number of ketones is 1. The van der Waals surface area contributed by atoms with E-state index in [-0.39, 0.29) is 5.25 Å². The summed E-state index contributed by atoms with van der Waals surface area (Å²) in [6.45, 7) is 4.50. The van der Waals surface area contributed by atoms with E-state index in [2.05, 4.69) is 26.6 Å². The molecular formula is C18H28N4OS. The minimum absolute atomic E-state index is 0.0865. The third-order valence-corrected chi connectivity index (χ3v) is 6.89. The van der Waals surface area contributed by atoms with E-state index in [0.717, 1.165) is 55.8 Å². The van der Waals surface area contributed by atoms with Crippen molar-refractivity contribution in [2.24, 2.45) is 5.92 Å². The summed E-state index contributed by atoms with van der Waals surface area (Å²) in [5, 5.41) is 10.1. The molecule has 0 bridgehead atoms. The van der Waals surface area contributed by atoms with Gasteiger partial charge in [0.05, 0.1) is 5.25 Å². The van der Waals surface area contributed by atoms with E-state index in [0.29, 0.717) is 11.8 Å². The van der Waals surface area contributed by atoms with Crippen molar-refractivity contribution in [1.29, 1.82) is 0 Å². The first-order valence-electron chi connectivity index (χ1n) is 9.61. The first-order valence-corrected chi connectivity index (χ1v) is 10.5. The number of hydrogen-bond acceptors (Lipinski definition) is 5. The molecule has 3 aliphatic rings. The van der Waals surface area contributed by atoms with E-state index in [1.807, 2.05) is 0 Å². The molecule has 132 valence electrons. The molecule has 1 saturated heterocycles. The lowest BCUT2D eigenvalue weighted by atomic mass is 10.00. The molecule has 2 aliphatic carbocycles. The van der Waals surface area contributed by atoms with Crippen molar-refractivity contribution in [2.75, 3.05) is 18.0 Å². The maximum absolute atomic E-state index is 12.4. The number of hydrogen-bond donors (Lipinski definition) is 0. The summed E-state index contributed by atoms with van der Waals surface area (Å²) in [6, 6.07) is 0.553. The number of anilines is 1. The second-order valence-corrected chi connectivity index (χ2v) is 8.90. The van der Waals surface area contributed by atoms with Gasteiger partial charge < -0.3 is 4.90 Å². The lowest BCUT2D eigenvalue weighted by Gasteiger charge is -2.31. The predicted molar refractivity (Wildman–Crippen MR) is 96.6 cm³/mol. The number of carbonyl (C=O) groups is 1. The van der Waals surface area contributed by atoms with Gasteiger partial charge in [-0.1, -0.05) is 31.5 Å². The minimum atomic E-state index is 0.0865. The van der Waals surface area contributed by atoms with Gasteiger partial charge in [-0.25, -0.2) is 0 Å². The summed E-state index contributed by atoms with van der Waals surface area (Å²) in [7, 11) is 0. The molecular weight excluding hydrogens is 320 g/mol. The van der Waals surface area contributed by atoms with Crippen LogP contribution in [0.2, 0.25) is 0 Å². The summed E-state index contributed by atoms with van der Waals surface area (Å²) in [5.41, 5.74) is 0. The standard InChI is InChI=1S/C18H28N4OS/c1-13-9-11-21(12-10-13)17-19-20-18(22(17)14-7-8-14)24-16-6-4-2-3-5-15(16)23/h13-14,16H,2-12H2,1H3/t16-/m0/s1. The number of aromatic nitrogens is 3. The summed E-state index contributed by atoms with van der Waals surface area (Å²) in [6.07, 6.45) is 10.1. The summed E-state index contributed by atoms with van der Waals surface area (Å²) >= 11 is 1.68. The van der Waals surface area contributed by atoms with Crippen LogP contribution in [0.5, 0.6) is 0 Å². The quantitative estimate of drug-likeness (QED) is 0.774. The minimum Gasteiger partial charge on any atom is -0.341 e. The Balaban J connectivity index is 1.54. The fourth-order valence-electron chi connectivity index (χ4n) is 3.81. The monoisotopic (exact) mass is 348 g/mol. The number of piperidine rings is 1. The van der Waals surface area contributed by atoms with Crippen LogP contribution in [0.25, 0.3) is 0 Å². The van der Waals surface area contributed by atoms with Crippen molar-refractivity contribution in [3.05, 3.63) is 0 Å². The molecule has 4 rings (SSSR count). The molecule has 0 amide bonds. The fourth-order valence-corrected chi connectivity index (χ4v) is 5.03. The highest BCUT2D eigenvalue weighted by Crippen LogP contribution is 2.43. The highest BCUT2D eigenvalue weighted by Gasteiger charge is 2.34. The number of thioether (sulfide) groups is 1. The number of carbonyl (C=O) groups excluding carboxylic acids is 1. The molecule has 1 atom stereocenters. The molecule has 5 nitrogen and oxygen atoms in total. The molecule has 0 unspecified atom stereocenters. The van der Waals surface area contributed by atoms with Gasteiger partial charge in [-0.05, 0) is 44.4 Å². The van der Waals surface area contributed by atoms with Gasteiger partial charge in [-0.3, -0.25) is 9.36 Å². The number of rotatable bonds is 4. The first-order chi connectivity index (χ1) is 11.7. The van der Waals surface area contributed by atoms with Crippen LogP contribution in [0, 0.1) is 5.92 Å². The average molecular weight is 349 g/mol. The van der Waals surface area contributed by atoms with Crippen LogP contribution in [-0.4, -0.2) is 38.9 Å². The Morgan fingerprint density at radius 1 is 1.00 bits per heavy atom. The Hall–Kier alpha value is -1.04. The molecule has 3 fully saturated rings. The van der Waals surface area contributed by atoms with Crippen molar-refractivity contribution in [3.63, 3.8) is 0 Å². The molecule has 24 heavy (non-hydrogen) atoms. The Labute approximate surface area is 148 Å². The van der Waals surface area contributed by atoms with E-state index in [1.165, 1.54) is 32.1 Å². The van der Waals surface area contributed by atoms with E-state index in [1.54, 1.807) is 11.8 Å². The van der Waals surface area contributed by atoms with Crippen LogP contribution < -0.4 is 4.90 Å².